The van der Waals surface area contributed by atoms with E-state index in [9.17, 15) is 49.5 Å². The summed E-state index contributed by atoms with van der Waals surface area (Å²) in [5.41, 5.74) is -4.03. The van der Waals surface area contributed by atoms with Crippen LogP contribution in [0.4, 0.5) is 40.8 Å². The summed E-state index contributed by atoms with van der Waals surface area (Å²) in [5, 5.41) is 6.07. The van der Waals surface area contributed by atoms with Crippen molar-refractivity contribution in [2.45, 2.75) is 35.6 Å². The summed E-state index contributed by atoms with van der Waals surface area (Å²) >= 11 is 12.2. The lowest BCUT2D eigenvalue weighted by Crippen LogP contribution is -2.43. The number of hydrogen-bond donors (Lipinski definition) is 3. The Labute approximate surface area is 241 Å². The van der Waals surface area contributed by atoms with Gasteiger partial charge in [-0.25, -0.2) is 22.0 Å². The summed E-state index contributed by atoms with van der Waals surface area (Å²) in [7, 11) is 0. The van der Waals surface area contributed by atoms with Gasteiger partial charge in [0, 0.05) is 24.6 Å². The minimum atomic E-state index is -5.05. The second-order valence-electron chi connectivity index (χ2n) is 9.37. The molecule has 0 heterocycles. The molecule has 224 valence electrons. The second kappa shape index (κ2) is 11.2. The summed E-state index contributed by atoms with van der Waals surface area (Å²) in [6.07, 6.45) is -5.42. The SMILES string of the molecule is CC(=O)NC1C(F)=C(NC(=O)c2cc(NC(=O)[C@H]3[C@H](c4ccc(F)c(C(F)(F)F)c4)C3(Cl)Cl)cc(F)c2F)C=CC1F. The minimum Gasteiger partial charge on any atom is -0.344 e. The fourth-order valence-electron chi connectivity index (χ4n) is 4.41. The molecule has 3 amide bonds. The van der Waals surface area contributed by atoms with Crippen LogP contribution in [-0.4, -0.2) is 34.3 Å². The zero-order chi connectivity index (χ0) is 31.3. The van der Waals surface area contributed by atoms with E-state index in [1.165, 1.54) is 0 Å². The van der Waals surface area contributed by atoms with E-state index in [1.54, 1.807) is 0 Å². The maximum Gasteiger partial charge on any atom is 0.419 e. The lowest BCUT2D eigenvalue weighted by Gasteiger charge is -2.23. The van der Waals surface area contributed by atoms with Gasteiger partial charge in [0.1, 0.15) is 28.2 Å². The van der Waals surface area contributed by atoms with Gasteiger partial charge in [0.25, 0.3) is 5.91 Å². The molecule has 2 aromatic carbocycles. The third-order valence-corrected chi connectivity index (χ3v) is 7.37. The number of alkyl halides is 6. The molecule has 42 heavy (non-hydrogen) atoms. The van der Waals surface area contributed by atoms with E-state index in [-0.39, 0.29) is 5.56 Å². The number of allylic oxidation sites excluding steroid dienone is 1. The van der Waals surface area contributed by atoms with Crippen molar-refractivity contribution in [3.63, 3.8) is 0 Å². The highest BCUT2D eigenvalue weighted by Gasteiger charge is 2.67. The van der Waals surface area contributed by atoms with Crippen molar-refractivity contribution in [2.24, 2.45) is 5.92 Å². The van der Waals surface area contributed by atoms with Crippen molar-refractivity contribution >= 4 is 46.6 Å². The van der Waals surface area contributed by atoms with Crippen molar-refractivity contribution in [3.05, 3.63) is 88.1 Å². The molecule has 0 aliphatic heterocycles. The quantitative estimate of drug-likeness (QED) is 0.268. The van der Waals surface area contributed by atoms with Gasteiger partial charge in [-0.2, -0.15) is 13.2 Å². The molecular formula is C26H17Cl2F8N3O3. The fourth-order valence-corrected chi connectivity index (χ4v) is 5.24. The molecule has 3 N–H and O–H groups in total. The maximum atomic E-state index is 14.7. The normalized spacial score (nSPS) is 22.9. The van der Waals surface area contributed by atoms with Gasteiger partial charge in [0.15, 0.2) is 11.6 Å². The molecule has 6 nitrogen and oxygen atoms in total. The van der Waals surface area contributed by atoms with Gasteiger partial charge in [-0.15, -0.1) is 23.2 Å². The molecule has 0 aromatic heterocycles. The Kier molecular flexibility index (Phi) is 8.35. The van der Waals surface area contributed by atoms with Crippen LogP contribution in [0, 0.1) is 23.4 Å². The van der Waals surface area contributed by atoms with E-state index >= 15 is 0 Å². The Balaban J connectivity index is 1.55. The van der Waals surface area contributed by atoms with Crippen LogP contribution < -0.4 is 16.0 Å². The summed E-state index contributed by atoms with van der Waals surface area (Å²) in [6, 6.07) is 1.29. The molecule has 2 aromatic rings. The molecule has 16 heteroatoms. The molecule has 0 radical (unpaired) electrons. The molecule has 1 fully saturated rings. The Bertz CT molecular complexity index is 1540. The van der Waals surface area contributed by atoms with Crippen LogP contribution in [-0.2, 0) is 15.8 Å². The van der Waals surface area contributed by atoms with Crippen molar-refractivity contribution in [1.82, 2.24) is 10.6 Å². The van der Waals surface area contributed by atoms with E-state index in [4.69, 9.17) is 23.2 Å². The molecule has 0 spiro atoms. The summed E-state index contributed by atoms with van der Waals surface area (Å²) in [4.78, 5) is 36.8. The first-order valence-electron chi connectivity index (χ1n) is 11.8. The highest BCUT2D eigenvalue weighted by atomic mass is 35.5. The standard InChI is InChI=1S/C26H17Cl2F8N3O3/c1-9(40)37-22-15(30)4-5-17(21(22)33)39-23(41)12-7-11(8-16(31)20(12)32)38-24(42)19-18(25(19,27)28)10-2-3-14(29)13(6-10)26(34,35)36/h2-8,15,18-19,22H,1H3,(H,37,40)(H,38,42)(H,39,41)/t15?,18-,19+,22?/m0/s1. The number of benzene rings is 2. The first-order chi connectivity index (χ1) is 19.4. The number of hydrogen-bond acceptors (Lipinski definition) is 3. The average Bonchev–Trinajstić information content (AvgIpc) is 3.46. The first-order valence-corrected chi connectivity index (χ1v) is 12.5. The van der Waals surface area contributed by atoms with E-state index in [1.807, 2.05) is 10.6 Å². The third kappa shape index (κ3) is 6.09. The van der Waals surface area contributed by atoms with E-state index in [0.717, 1.165) is 25.1 Å². The predicted molar refractivity (Wildman–Crippen MR) is 134 cm³/mol. The lowest BCUT2D eigenvalue weighted by molar-refractivity contribution is -0.140. The topological polar surface area (TPSA) is 87.3 Å². The number of anilines is 1. The molecule has 2 unspecified atom stereocenters. The van der Waals surface area contributed by atoms with Crippen LogP contribution in [0.3, 0.4) is 0 Å². The van der Waals surface area contributed by atoms with Crippen LogP contribution in [0.5, 0.6) is 0 Å². The molecule has 1 saturated carbocycles. The second-order valence-corrected chi connectivity index (χ2v) is 10.8. The predicted octanol–water partition coefficient (Wildman–Crippen LogP) is 5.97. The van der Waals surface area contributed by atoms with Crippen LogP contribution >= 0.6 is 23.2 Å². The number of halogens is 10. The monoisotopic (exact) mass is 641 g/mol. The summed E-state index contributed by atoms with van der Waals surface area (Å²) < 4.78 is 109. The smallest absolute Gasteiger partial charge is 0.344 e. The minimum absolute atomic E-state index is 0.219. The third-order valence-electron chi connectivity index (χ3n) is 6.43. The van der Waals surface area contributed by atoms with Crippen molar-refractivity contribution in [2.75, 3.05) is 5.32 Å². The largest absolute Gasteiger partial charge is 0.419 e. The number of rotatable bonds is 6. The van der Waals surface area contributed by atoms with Crippen LogP contribution in [0.25, 0.3) is 0 Å². The zero-order valence-corrected chi connectivity index (χ0v) is 22.4. The molecule has 2 aliphatic rings. The Morgan fingerprint density at radius 1 is 0.952 bits per heavy atom. The van der Waals surface area contributed by atoms with Crippen molar-refractivity contribution in [1.29, 1.82) is 0 Å². The molecule has 4 rings (SSSR count). The maximum absolute atomic E-state index is 14.7. The first kappa shape index (κ1) is 31.3. The van der Waals surface area contributed by atoms with Gasteiger partial charge in [0.05, 0.1) is 22.7 Å². The van der Waals surface area contributed by atoms with Gasteiger partial charge in [0.2, 0.25) is 11.8 Å². The van der Waals surface area contributed by atoms with E-state index in [2.05, 4.69) is 5.32 Å². The van der Waals surface area contributed by atoms with Gasteiger partial charge in [-0.3, -0.25) is 14.4 Å². The molecule has 2 aliphatic carbocycles. The highest BCUT2D eigenvalue weighted by molar-refractivity contribution is 6.53. The lowest BCUT2D eigenvalue weighted by atomic mass is 10.0. The fraction of sp³-hybridized carbons (Fsp3) is 0.269. The van der Waals surface area contributed by atoms with Crippen LogP contribution in [0.15, 0.2) is 54.0 Å². The average molecular weight is 642 g/mol. The number of carbonyl (C=O) groups is 3. The summed E-state index contributed by atoms with van der Waals surface area (Å²) in [6.45, 7) is 0.996. The molecule has 4 atom stereocenters. The Hall–Kier alpha value is -3.65. The van der Waals surface area contributed by atoms with E-state index in [0.29, 0.717) is 24.3 Å². The molecule has 0 bridgehead atoms. The number of nitrogens with one attached hydrogen (secondary N) is 3. The van der Waals surface area contributed by atoms with Gasteiger partial charge in [-0.05, 0) is 35.9 Å². The highest BCUT2D eigenvalue weighted by Crippen LogP contribution is 2.65. The van der Waals surface area contributed by atoms with Crippen molar-refractivity contribution < 1.29 is 49.5 Å². The van der Waals surface area contributed by atoms with Gasteiger partial charge >= 0.3 is 6.18 Å². The summed E-state index contributed by atoms with van der Waals surface area (Å²) in [5.74, 6) is -12.2. The Morgan fingerprint density at radius 2 is 1.62 bits per heavy atom. The van der Waals surface area contributed by atoms with Crippen LogP contribution in [0.1, 0.15) is 34.3 Å². The number of carbonyl (C=O) groups excluding carboxylic acids is 3. The van der Waals surface area contributed by atoms with Crippen molar-refractivity contribution in [3.8, 4) is 0 Å². The van der Waals surface area contributed by atoms with Crippen LogP contribution in [0.2, 0.25) is 0 Å². The molecular weight excluding hydrogens is 625 g/mol. The zero-order valence-electron chi connectivity index (χ0n) is 20.9. The number of amides is 3. The van der Waals surface area contributed by atoms with Gasteiger partial charge < -0.3 is 16.0 Å². The molecule has 0 saturated heterocycles. The van der Waals surface area contributed by atoms with E-state index < -0.39 is 98.1 Å². The Morgan fingerprint density at radius 3 is 2.24 bits per heavy atom. The van der Waals surface area contributed by atoms with Gasteiger partial charge in [-0.1, -0.05) is 6.07 Å².